The number of aromatic nitrogens is 6. The van der Waals surface area contributed by atoms with Crippen molar-refractivity contribution in [3.8, 4) is 11.5 Å². The molecule has 1 aliphatic heterocycles. The fourth-order valence-corrected chi connectivity index (χ4v) is 4.42. The van der Waals surface area contributed by atoms with E-state index in [1.165, 1.54) is 11.8 Å². The molecule has 160 valence electrons. The summed E-state index contributed by atoms with van der Waals surface area (Å²) in [4.78, 5) is 9.21. The number of para-hydroxylation sites is 3. The summed E-state index contributed by atoms with van der Waals surface area (Å²) in [6.45, 7) is 3.21. The summed E-state index contributed by atoms with van der Waals surface area (Å²) in [6, 6.07) is 15.6. The number of benzene rings is 2. The zero-order chi connectivity index (χ0) is 21.5. The first-order valence-corrected chi connectivity index (χ1v) is 11.2. The van der Waals surface area contributed by atoms with Crippen LogP contribution in [0.3, 0.4) is 0 Å². The van der Waals surface area contributed by atoms with E-state index in [2.05, 4.69) is 37.9 Å². The molecule has 0 unspecified atom stereocenters. The minimum atomic E-state index is -0.439. The second-order valence-corrected chi connectivity index (χ2v) is 8.17. The van der Waals surface area contributed by atoms with Crippen LogP contribution in [0.2, 0.25) is 0 Å². The monoisotopic (exact) mass is 446 g/mol. The number of hydrogen-bond donors (Lipinski definition) is 0. The summed E-state index contributed by atoms with van der Waals surface area (Å²) in [5.41, 5.74) is 2.74. The lowest BCUT2D eigenvalue weighted by atomic mass is 10.2. The van der Waals surface area contributed by atoms with Gasteiger partial charge in [0.1, 0.15) is 12.1 Å². The number of ether oxygens (including phenoxy) is 2. The fourth-order valence-electron chi connectivity index (χ4n) is 3.80. The molecule has 0 bridgehead atoms. The quantitative estimate of drug-likeness (QED) is 0.368. The van der Waals surface area contributed by atoms with Crippen molar-refractivity contribution < 1.29 is 14.0 Å². The molecular formula is C22H18N6O3S. The highest BCUT2D eigenvalue weighted by atomic mass is 32.2. The van der Waals surface area contributed by atoms with E-state index in [1.54, 1.807) is 0 Å². The molecule has 0 spiro atoms. The van der Waals surface area contributed by atoms with Crippen molar-refractivity contribution >= 4 is 33.8 Å². The van der Waals surface area contributed by atoms with Crippen molar-refractivity contribution in [3.63, 3.8) is 0 Å². The van der Waals surface area contributed by atoms with Gasteiger partial charge >= 0.3 is 0 Å². The summed E-state index contributed by atoms with van der Waals surface area (Å²) in [5.74, 6) is 2.75. The SMILES string of the molecule is CCn1c2ccccc2c2nnc(SCc3noc([C@H]4COc5ccccc5O4)n3)nc21. The Labute approximate surface area is 186 Å². The number of aryl methyl sites for hydroxylation is 1. The van der Waals surface area contributed by atoms with Gasteiger partial charge in [0.25, 0.3) is 5.89 Å². The normalized spacial score (nSPS) is 15.5. The van der Waals surface area contributed by atoms with Crippen LogP contribution in [0.1, 0.15) is 24.7 Å². The maximum Gasteiger partial charge on any atom is 0.271 e. The number of rotatable bonds is 5. The van der Waals surface area contributed by atoms with Crippen LogP contribution in [0.4, 0.5) is 0 Å². The lowest BCUT2D eigenvalue weighted by Crippen LogP contribution is -2.21. The van der Waals surface area contributed by atoms with Crippen molar-refractivity contribution in [2.24, 2.45) is 0 Å². The Hall–Kier alpha value is -3.66. The van der Waals surface area contributed by atoms with E-state index in [0.717, 1.165) is 28.6 Å². The minimum Gasteiger partial charge on any atom is -0.485 e. The molecule has 0 saturated carbocycles. The summed E-state index contributed by atoms with van der Waals surface area (Å²) in [7, 11) is 0. The predicted molar refractivity (Wildman–Crippen MR) is 118 cm³/mol. The van der Waals surface area contributed by atoms with Gasteiger partial charge in [-0.05, 0) is 25.1 Å². The molecule has 1 aliphatic rings. The molecule has 0 saturated heterocycles. The van der Waals surface area contributed by atoms with Crippen molar-refractivity contribution in [2.75, 3.05) is 6.61 Å². The van der Waals surface area contributed by atoms with E-state index in [4.69, 9.17) is 19.0 Å². The first-order chi connectivity index (χ1) is 15.8. The Balaban J connectivity index is 1.20. The van der Waals surface area contributed by atoms with Crippen LogP contribution in [0.15, 0.2) is 58.2 Å². The maximum absolute atomic E-state index is 5.93. The lowest BCUT2D eigenvalue weighted by Gasteiger charge is -2.23. The van der Waals surface area contributed by atoms with Crippen LogP contribution in [0.25, 0.3) is 22.1 Å². The Morgan fingerprint density at radius 1 is 1.03 bits per heavy atom. The van der Waals surface area contributed by atoms with Crippen molar-refractivity contribution in [1.82, 2.24) is 29.9 Å². The maximum atomic E-state index is 5.93. The van der Waals surface area contributed by atoms with E-state index in [0.29, 0.717) is 40.7 Å². The largest absolute Gasteiger partial charge is 0.485 e. The Kier molecular flexibility index (Phi) is 4.64. The van der Waals surface area contributed by atoms with E-state index in [-0.39, 0.29) is 0 Å². The zero-order valence-corrected chi connectivity index (χ0v) is 18.0. The van der Waals surface area contributed by atoms with Crippen molar-refractivity contribution in [2.45, 2.75) is 30.5 Å². The molecule has 2 aromatic carbocycles. The third kappa shape index (κ3) is 3.23. The Bertz CT molecular complexity index is 1430. The molecule has 0 N–H and O–H groups in total. The van der Waals surface area contributed by atoms with Crippen LogP contribution in [0, 0.1) is 0 Å². The Morgan fingerprint density at radius 2 is 1.88 bits per heavy atom. The van der Waals surface area contributed by atoms with Crippen molar-refractivity contribution in [3.05, 3.63) is 60.2 Å². The second-order valence-electron chi connectivity index (χ2n) is 7.23. The van der Waals surface area contributed by atoms with Gasteiger partial charge in [-0.2, -0.15) is 4.98 Å². The molecule has 6 rings (SSSR count). The molecule has 0 radical (unpaired) electrons. The molecular weight excluding hydrogens is 428 g/mol. The fraction of sp³-hybridized carbons (Fsp3) is 0.227. The molecule has 5 aromatic rings. The molecule has 1 atom stereocenters. The molecule has 0 amide bonds. The topological polar surface area (TPSA) is 101 Å². The summed E-state index contributed by atoms with van der Waals surface area (Å²) >= 11 is 1.41. The van der Waals surface area contributed by atoms with Crippen LogP contribution >= 0.6 is 11.8 Å². The van der Waals surface area contributed by atoms with Gasteiger partial charge in [0.05, 0.1) is 11.3 Å². The zero-order valence-electron chi connectivity index (χ0n) is 17.1. The molecule has 10 heteroatoms. The molecule has 4 heterocycles. The summed E-state index contributed by atoms with van der Waals surface area (Å²) < 4.78 is 19.2. The molecule has 9 nitrogen and oxygen atoms in total. The van der Waals surface area contributed by atoms with Crippen LogP contribution in [0.5, 0.6) is 11.5 Å². The minimum absolute atomic E-state index is 0.317. The highest BCUT2D eigenvalue weighted by Crippen LogP contribution is 2.35. The molecule has 3 aromatic heterocycles. The van der Waals surface area contributed by atoms with E-state index in [9.17, 15) is 0 Å². The molecule has 0 fully saturated rings. The second kappa shape index (κ2) is 7.79. The average molecular weight is 446 g/mol. The number of nitrogens with zero attached hydrogens (tertiary/aromatic N) is 6. The highest BCUT2D eigenvalue weighted by molar-refractivity contribution is 7.98. The number of fused-ring (bicyclic) bond motifs is 4. The standard InChI is InChI=1S/C22H18N6O3S/c1-2-28-14-8-4-3-7-13(14)19-20(28)24-22(26-25-19)32-12-18-23-21(31-27-18)17-11-29-15-9-5-6-10-16(15)30-17/h3-10,17H,2,11-12H2,1H3/t17-/m1/s1. The third-order valence-electron chi connectivity index (χ3n) is 5.27. The highest BCUT2D eigenvalue weighted by Gasteiger charge is 2.27. The first kappa shape index (κ1) is 19.1. The third-order valence-corrected chi connectivity index (χ3v) is 6.10. The van der Waals surface area contributed by atoms with Gasteiger partial charge in [-0.1, -0.05) is 47.3 Å². The van der Waals surface area contributed by atoms with Crippen LogP contribution in [-0.2, 0) is 12.3 Å². The van der Waals surface area contributed by atoms with Gasteiger partial charge in [0.15, 0.2) is 23.0 Å². The van der Waals surface area contributed by atoms with Gasteiger partial charge in [-0.25, -0.2) is 4.98 Å². The van der Waals surface area contributed by atoms with Gasteiger partial charge in [0, 0.05) is 11.9 Å². The number of hydrogen-bond acceptors (Lipinski definition) is 9. The first-order valence-electron chi connectivity index (χ1n) is 10.3. The summed E-state index contributed by atoms with van der Waals surface area (Å²) in [5, 5.41) is 14.4. The van der Waals surface area contributed by atoms with E-state index < -0.39 is 6.10 Å². The van der Waals surface area contributed by atoms with Crippen LogP contribution < -0.4 is 9.47 Å². The smallest absolute Gasteiger partial charge is 0.271 e. The van der Waals surface area contributed by atoms with E-state index in [1.807, 2.05) is 42.5 Å². The predicted octanol–water partition coefficient (Wildman–Crippen LogP) is 4.19. The van der Waals surface area contributed by atoms with Gasteiger partial charge < -0.3 is 18.6 Å². The molecule has 0 aliphatic carbocycles. The summed E-state index contributed by atoms with van der Waals surface area (Å²) in [6.07, 6.45) is -0.439. The van der Waals surface area contributed by atoms with Crippen molar-refractivity contribution in [1.29, 1.82) is 0 Å². The van der Waals surface area contributed by atoms with Crippen LogP contribution in [-0.4, -0.2) is 36.5 Å². The number of thioether (sulfide) groups is 1. The van der Waals surface area contributed by atoms with Gasteiger partial charge in [0.2, 0.25) is 11.3 Å². The molecule has 32 heavy (non-hydrogen) atoms. The lowest BCUT2D eigenvalue weighted by molar-refractivity contribution is 0.0665. The average Bonchev–Trinajstić information content (AvgIpc) is 3.44. The van der Waals surface area contributed by atoms with E-state index >= 15 is 0 Å². The Morgan fingerprint density at radius 3 is 2.78 bits per heavy atom. The van der Waals surface area contributed by atoms with Gasteiger partial charge in [-0.15, -0.1) is 10.2 Å². The van der Waals surface area contributed by atoms with Gasteiger partial charge in [-0.3, -0.25) is 0 Å².